The molecule has 0 spiro atoms. The molecule has 1 fully saturated rings. The van der Waals surface area contributed by atoms with Crippen LogP contribution in [0.25, 0.3) is 0 Å². The number of rotatable bonds is 9. The fourth-order valence-electron chi connectivity index (χ4n) is 2.16. The lowest BCUT2D eigenvalue weighted by Gasteiger charge is -2.26. The summed E-state index contributed by atoms with van der Waals surface area (Å²) < 4.78 is 0. The Bertz CT molecular complexity index is 178. The average Bonchev–Trinajstić information content (AvgIpc) is 3.09. The van der Waals surface area contributed by atoms with Crippen molar-refractivity contribution < 1.29 is 0 Å². The van der Waals surface area contributed by atoms with Crippen LogP contribution in [-0.2, 0) is 0 Å². The zero-order valence-corrected chi connectivity index (χ0v) is 11.6. The third-order valence-electron chi connectivity index (χ3n) is 3.82. The highest BCUT2D eigenvalue weighted by molar-refractivity contribution is 4.86. The van der Waals surface area contributed by atoms with Gasteiger partial charge in [-0.05, 0) is 40.2 Å². The second-order valence-electron chi connectivity index (χ2n) is 5.55. The lowest BCUT2D eigenvalue weighted by molar-refractivity contribution is 0.235. The van der Waals surface area contributed by atoms with Crippen molar-refractivity contribution in [1.29, 1.82) is 0 Å². The average molecular weight is 226 g/mol. The molecule has 0 aliphatic heterocycles. The van der Waals surface area contributed by atoms with Gasteiger partial charge in [-0.15, -0.1) is 0 Å². The molecule has 0 aromatic carbocycles. The van der Waals surface area contributed by atoms with Gasteiger partial charge in [-0.1, -0.05) is 26.2 Å². The third-order valence-corrected chi connectivity index (χ3v) is 3.82. The first-order chi connectivity index (χ1) is 7.65. The van der Waals surface area contributed by atoms with E-state index in [9.17, 15) is 0 Å². The normalized spacial score (nSPS) is 20.1. The molecule has 0 amide bonds. The fourth-order valence-corrected chi connectivity index (χ4v) is 2.16. The van der Waals surface area contributed by atoms with Crippen LogP contribution in [0.15, 0.2) is 0 Å². The van der Waals surface area contributed by atoms with Crippen LogP contribution >= 0.6 is 0 Å². The van der Waals surface area contributed by atoms with Gasteiger partial charge in [0.05, 0.1) is 0 Å². The summed E-state index contributed by atoms with van der Waals surface area (Å²) in [4.78, 5) is 2.53. The van der Waals surface area contributed by atoms with Crippen LogP contribution in [0, 0.1) is 0 Å². The van der Waals surface area contributed by atoms with Crippen molar-refractivity contribution in [2.75, 3.05) is 13.6 Å². The van der Waals surface area contributed by atoms with Gasteiger partial charge in [0.15, 0.2) is 0 Å². The first kappa shape index (κ1) is 14.0. The van der Waals surface area contributed by atoms with E-state index in [4.69, 9.17) is 0 Å². The Morgan fingerprint density at radius 1 is 1.25 bits per heavy atom. The maximum atomic E-state index is 3.66. The van der Waals surface area contributed by atoms with Crippen molar-refractivity contribution in [1.82, 2.24) is 10.2 Å². The van der Waals surface area contributed by atoms with Gasteiger partial charge in [0.1, 0.15) is 0 Å². The van der Waals surface area contributed by atoms with Crippen LogP contribution < -0.4 is 5.32 Å². The lowest BCUT2D eigenvalue weighted by atomic mass is 10.1. The van der Waals surface area contributed by atoms with Crippen molar-refractivity contribution in [2.45, 2.75) is 77.4 Å². The highest BCUT2D eigenvalue weighted by atomic mass is 15.2. The van der Waals surface area contributed by atoms with Crippen molar-refractivity contribution >= 4 is 0 Å². The summed E-state index contributed by atoms with van der Waals surface area (Å²) in [6.45, 7) is 8.06. The lowest BCUT2D eigenvalue weighted by Crippen LogP contribution is -2.41. The van der Waals surface area contributed by atoms with Gasteiger partial charge in [-0.3, -0.25) is 4.90 Å². The first-order valence-electron chi connectivity index (χ1n) is 7.10. The van der Waals surface area contributed by atoms with Crippen LogP contribution in [-0.4, -0.2) is 36.6 Å². The van der Waals surface area contributed by atoms with E-state index in [1.54, 1.807) is 0 Å². The Morgan fingerprint density at radius 2 is 1.94 bits per heavy atom. The zero-order chi connectivity index (χ0) is 12.0. The van der Waals surface area contributed by atoms with E-state index >= 15 is 0 Å². The molecule has 0 heterocycles. The van der Waals surface area contributed by atoms with Crippen molar-refractivity contribution in [3.63, 3.8) is 0 Å². The molecule has 1 aliphatic rings. The quantitative estimate of drug-likeness (QED) is 0.608. The maximum absolute atomic E-state index is 3.66. The molecular weight excluding hydrogens is 196 g/mol. The fraction of sp³-hybridized carbons (Fsp3) is 1.00. The Balaban J connectivity index is 2.03. The molecule has 0 bridgehead atoms. The molecule has 0 aromatic rings. The summed E-state index contributed by atoms with van der Waals surface area (Å²) in [5, 5.41) is 3.66. The number of nitrogens with one attached hydrogen (secondary N) is 1. The van der Waals surface area contributed by atoms with Gasteiger partial charge in [-0.2, -0.15) is 0 Å². The molecule has 0 aromatic heterocycles. The minimum Gasteiger partial charge on any atom is -0.313 e. The highest BCUT2D eigenvalue weighted by Gasteiger charge is 2.28. The molecule has 0 radical (unpaired) electrons. The van der Waals surface area contributed by atoms with Crippen LogP contribution in [0.3, 0.4) is 0 Å². The number of hydrogen-bond donors (Lipinski definition) is 1. The Hall–Kier alpha value is -0.0800. The predicted octanol–water partition coefficient (Wildman–Crippen LogP) is 3.03. The summed E-state index contributed by atoms with van der Waals surface area (Å²) in [7, 11) is 2.27. The summed E-state index contributed by atoms with van der Waals surface area (Å²) in [6.07, 6.45) is 8.22. The molecule has 1 aliphatic carbocycles. The minimum atomic E-state index is 0.682. The van der Waals surface area contributed by atoms with Crippen LogP contribution in [0.5, 0.6) is 0 Å². The molecule has 0 saturated heterocycles. The highest BCUT2D eigenvalue weighted by Crippen LogP contribution is 2.26. The van der Waals surface area contributed by atoms with E-state index in [-0.39, 0.29) is 0 Å². The topological polar surface area (TPSA) is 15.3 Å². The minimum absolute atomic E-state index is 0.682. The number of nitrogens with zero attached hydrogens (tertiary/aromatic N) is 1. The van der Waals surface area contributed by atoms with Gasteiger partial charge < -0.3 is 5.32 Å². The summed E-state index contributed by atoms with van der Waals surface area (Å²) in [5.74, 6) is 0. The third kappa shape index (κ3) is 5.31. The smallest absolute Gasteiger partial charge is 0.0192 e. The molecule has 1 N–H and O–H groups in total. The van der Waals surface area contributed by atoms with E-state index in [1.807, 2.05) is 0 Å². The SMILES string of the molecule is CCCCCC(C)NCC(C)N(C)C1CC1. The Morgan fingerprint density at radius 3 is 2.50 bits per heavy atom. The van der Waals surface area contributed by atoms with E-state index < -0.39 is 0 Å². The van der Waals surface area contributed by atoms with Crippen molar-refractivity contribution in [2.24, 2.45) is 0 Å². The van der Waals surface area contributed by atoms with Gasteiger partial charge in [0.2, 0.25) is 0 Å². The van der Waals surface area contributed by atoms with Gasteiger partial charge in [0.25, 0.3) is 0 Å². The monoisotopic (exact) mass is 226 g/mol. The van der Waals surface area contributed by atoms with Crippen molar-refractivity contribution in [3.05, 3.63) is 0 Å². The second kappa shape index (κ2) is 7.29. The number of likely N-dealkylation sites (N-methyl/N-ethyl adjacent to an activating group) is 1. The molecule has 2 nitrogen and oxygen atoms in total. The standard InChI is InChI=1S/C14H30N2/c1-5-6-7-8-12(2)15-11-13(3)16(4)14-9-10-14/h12-15H,5-11H2,1-4H3. The predicted molar refractivity (Wildman–Crippen MR) is 71.9 cm³/mol. The van der Waals surface area contributed by atoms with E-state index in [0.717, 1.165) is 12.6 Å². The molecule has 2 atom stereocenters. The first-order valence-corrected chi connectivity index (χ1v) is 7.10. The van der Waals surface area contributed by atoms with Crippen LogP contribution in [0.2, 0.25) is 0 Å². The largest absolute Gasteiger partial charge is 0.313 e. The molecule has 1 rings (SSSR count). The van der Waals surface area contributed by atoms with Crippen molar-refractivity contribution in [3.8, 4) is 0 Å². The zero-order valence-electron chi connectivity index (χ0n) is 11.6. The molecule has 16 heavy (non-hydrogen) atoms. The molecule has 1 saturated carbocycles. The summed E-state index contributed by atoms with van der Waals surface area (Å²) in [5.41, 5.74) is 0. The number of hydrogen-bond acceptors (Lipinski definition) is 2. The molecule has 2 unspecified atom stereocenters. The van der Waals surface area contributed by atoms with Gasteiger partial charge in [-0.25, -0.2) is 0 Å². The van der Waals surface area contributed by atoms with E-state index in [2.05, 4.69) is 38.0 Å². The maximum Gasteiger partial charge on any atom is 0.0192 e. The van der Waals surface area contributed by atoms with Crippen LogP contribution in [0.4, 0.5) is 0 Å². The summed E-state index contributed by atoms with van der Waals surface area (Å²) in [6, 6.07) is 2.25. The Kier molecular flexibility index (Phi) is 6.37. The van der Waals surface area contributed by atoms with Crippen LogP contribution in [0.1, 0.15) is 59.3 Å². The van der Waals surface area contributed by atoms with Gasteiger partial charge in [0, 0.05) is 24.7 Å². The molecular formula is C14H30N2. The molecule has 2 heteroatoms. The van der Waals surface area contributed by atoms with E-state index in [0.29, 0.717) is 12.1 Å². The van der Waals surface area contributed by atoms with E-state index in [1.165, 1.54) is 38.5 Å². The Labute approximate surface area is 102 Å². The number of unbranched alkanes of at least 4 members (excludes halogenated alkanes) is 2. The summed E-state index contributed by atoms with van der Waals surface area (Å²) >= 11 is 0. The molecule has 96 valence electrons. The van der Waals surface area contributed by atoms with Gasteiger partial charge >= 0.3 is 0 Å². The second-order valence-corrected chi connectivity index (χ2v) is 5.55.